The Morgan fingerprint density at radius 3 is 3.00 bits per heavy atom. The molecule has 1 amide bonds. The summed E-state index contributed by atoms with van der Waals surface area (Å²) in [6.45, 7) is 5.15. The van der Waals surface area contributed by atoms with Crippen LogP contribution in [-0.4, -0.2) is 50.5 Å². The molecule has 0 aliphatic carbocycles. The number of hydrogen-bond acceptors (Lipinski definition) is 4. The van der Waals surface area contributed by atoms with E-state index in [1.54, 1.807) is 0 Å². The summed E-state index contributed by atoms with van der Waals surface area (Å²) in [6, 6.07) is 0.266. The quantitative estimate of drug-likeness (QED) is 0.734. The van der Waals surface area contributed by atoms with E-state index in [0.29, 0.717) is 13.0 Å². The minimum absolute atomic E-state index is 0.0287. The van der Waals surface area contributed by atoms with Crippen LogP contribution in [0.15, 0.2) is 0 Å². The van der Waals surface area contributed by atoms with Crippen molar-refractivity contribution in [3.8, 4) is 0 Å². The Hall–Kier alpha value is -0.650. The summed E-state index contributed by atoms with van der Waals surface area (Å²) in [6.07, 6.45) is 2.57. The van der Waals surface area contributed by atoms with Crippen LogP contribution in [0.2, 0.25) is 0 Å². The predicted octanol–water partition coefficient (Wildman–Crippen LogP) is 0.0486. The number of amides is 1. The first-order valence-corrected chi connectivity index (χ1v) is 6.47. The van der Waals surface area contributed by atoms with Crippen molar-refractivity contribution in [2.45, 2.75) is 44.4 Å². The Morgan fingerprint density at radius 1 is 1.41 bits per heavy atom. The molecule has 5 heteroatoms. The molecule has 0 saturated carbocycles. The average molecular weight is 242 g/mol. The molecule has 0 spiro atoms. The summed E-state index contributed by atoms with van der Waals surface area (Å²) in [5.41, 5.74) is 0. The lowest BCUT2D eigenvalue weighted by Gasteiger charge is -2.29. The van der Waals surface area contributed by atoms with Crippen LogP contribution >= 0.6 is 0 Å². The Kier molecular flexibility index (Phi) is 4.76. The normalized spacial score (nSPS) is 34.3. The molecular formula is C12H22N2O3. The standard InChI is InChI=1S/C12H22N2O3/c1-9-6-10(2-4-16-9)14-12(15)7-11-8-13-3-5-17-11/h9-11,13H,2-8H2,1H3,(H,14,15). The molecule has 5 nitrogen and oxygen atoms in total. The van der Waals surface area contributed by atoms with E-state index < -0.39 is 0 Å². The van der Waals surface area contributed by atoms with Gasteiger partial charge in [0.25, 0.3) is 0 Å². The molecule has 3 unspecified atom stereocenters. The first-order chi connectivity index (χ1) is 8.24. The van der Waals surface area contributed by atoms with Crippen molar-refractivity contribution in [3.63, 3.8) is 0 Å². The molecule has 0 bridgehead atoms. The monoisotopic (exact) mass is 242 g/mol. The number of ether oxygens (including phenoxy) is 2. The number of nitrogens with one attached hydrogen (secondary N) is 2. The molecule has 2 saturated heterocycles. The summed E-state index contributed by atoms with van der Waals surface area (Å²) in [4.78, 5) is 11.8. The molecule has 0 aromatic heterocycles. The van der Waals surface area contributed by atoms with E-state index in [9.17, 15) is 4.79 Å². The molecule has 0 aromatic carbocycles. The van der Waals surface area contributed by atoms with Crippen molar-refractivity contribution in [1.82, 2.24) is 10.6 Å². The average Bonchev–Trinajstić information content (AvgIpc) is 2.30. The number of carbonyl (C=O) groups is 1. The third-order valence-corrected chi connectivity index (χ3v) is 3.27. The maximum atomic E-state index is 11.8. The van der Waals surface area contributed by atoms with Crippen LogP contribution in [0.5, 0.6) is 0 Å². The molecule has 0 aromatic rings. The first-order valence-electron chi connectivity index (χ1n) is 6.47. The van der Waals surface area contributed by atoms with Gasteiger partial charge in [-0.05, 0) is 19.8 Å². The fourth-order valence-corrected chi connectivity index (χ4v) is 2.37. The number of carbonyl (C=O) groups excluding carboxylic acids is 1. The first kappa shape index (κ1) is 12.8. The highest BCUT2D eigenvalue weighted by Crippen LogP contribution is 2.13. The van der Waals surface area contributed by atoms with Gasteiger partial charge in [-0.2, -0.15) is 0 Å². The second kappa shape index (κ2) is 6.33. The molecule has 2 aliphatic rings. The van der Waals surface area contributed by atoms with E-state index in [4.69, 9.17) is 9.47 Å². The van der Waals surface area contributed by atoms with E-state index in [1.807, 2.05) is 6.92 Å². The molecule has 2 rings (SSSR count). The van der Waals surface area contributed by atoms with Crippen LogP contribution in [0.4, 0.5) is 0 Å². The van der Waals surface area contributed by atoms with Gasteiger partial charge in [-0.15, -0.1) is 0 Å². The molecule has 2 aliphatic heterocycles. The molecule has 17 heavy (non-hydrogen) atoms. The summed E-state index contributed by atoms with van der Waals surface area (Å²) >= 11 is 0. The van der Waals surface area contributed by atoms with Crippen LogP contribution in [-0.2, 0) is 14.3 Å². The maximum absolute atomic E-state index is 11.8. The lowest BCUT2D eigenvalue weighted by molar-refractivity contribution is -0.126. The van der Waals surface area contributed by atoms with Crippen molar-refractivity contribution in [2.24, 2.45) is 0 Å². The highest BCUT2D eigenvalue weighted by molar-refractivity contribution is 5.76. The Balaban J connectivity index is 1.68. The van der Waals surface area contributed by atoms with Gasteiger partial charge in [0.05, 0.1) is 25.2 Å². The van der Waals surface area contributed by atoms with Gasteiger partial charge in [0.2, 0.25) is 5.91 Å². The van der Waals surface area contributed by atoms with Crippen molar-refractivity contribution < 1.29 is 14.3 Å². The van der Waals surface area contributed by atoms with Gasteiger partial charge in [0.1, 0.15) is 0 Å². The lowest BCUT2D eigenvalue weighted by atomic mass is 10.0. The van der Waals surface area contributed by atoms with Gasteiger partial charge in [0, 0.05) is 25.7 Å². The fraction of sp³-hybridized carbons (Fsp3) is 0.917. The van der Waals surface area contributed by atoms with Crippen LogP contribution in [0.1, 0.15) is 26.2 Å². The van der Waals surface area contributed by atoms with E-state index in [-0.39, 0.29) is 24.2 Å². The van der Waals surface area contributed by atoms with Gasteiger partial charge < -0.3 is 20.1 Å². The summed E-state index contributed by atoms with van der Waals surface area (Å²) in [5, 5.41) is 6.30. The van der Waals surface area contributed by atoms with E-state index in [2.05, 4.69) is 10.6 Å². The van der Waals surface area contributed by atoms with Gasteiger partial charge in [0.15, 0.2) is 0 Å². The van der Waals surface area contributed by atoms with Gasteiger partial charge in [-0.3, -0.25) is 4.79 Å². The highest BCUT2D eigenvalue weighted by atomic mass is 16.5. The maximum Gasteiger partial charge on any atom is 0.222 e. The van der Waals surface area contributed by atoms with Gasteiger partial charge >= 0.3 is 0 Å². The third-order valence-electron chi connectivity index (χ3n) is 3.27. The highest BCUT2D eigenvalue weighted by Gasteiger charge is 2.23. The SMILES string of the molecule is CC1CC(NC(=O)CC2CNCCO2)CCO1. The number of hydrogen-bond donors (Lipinski definition) is 2. The van der Waals surface area contributed by atoms with Crippen molar-refractivity contribution in [2.75, 3.05) is 26.3 Å². The van der Waals surface area contributed by atoms with Gasteiger partial charge in [-0.25, -0.2) is 0 Å². The van der Waals surface area contributed by atoms with E-state index in [1.165, 1.54) is 0 Å². The summed E-state index contributed by atoms with van der Waals surface area (Å²) in [7, 11) is 0. The predicted molar refractivity (Wildman–Crippen MR) is 63.8 cm³/mol. The molecule has 0 radical (unpaired) electrons. The Labute approximate surface area is 102 Å². The van der Waals surface area contributed by atoms with E-state index in [0.717, 1.165) is 32.5 Å². The van der Waals surface area contributed by atoms with Gasteiger partial charge in [-0.1, -0.05) is 0 Å². The second-order valence-corrected chi connectivity index (χ2v) is 4.87. The van der Waals surface area contributed by atoms with Crippen molar-refractivity contribution in [1.29, 1.82) is 0 Å². The third kappa shape index (κ3) is 4.26. The molecule has 98 valence electrons. The minimum atomic E-state index is 0.0287. The Bertz CT molecular complexity index is 254. The molecule has 3 atom stereocenters. The van der Waals surface area contributed by atoms with E-state index >= 15 is 0 Å². The minimum Gasteiger partial charge on any atom is -0.378 e. The van der Waals surface area contributed by atoms with Crippen LogP contribution in [0.25, 0.3) is 0 Å². The fourth-order valence-electron chi connectivity index (χ4n) is 2.37. The summed E-state index contributed by atoms with van der Waals surface area (Å²) < 4.78 is 11.0. The molecule has 2 heterocycles. The molecule has 2 fully saturated rings. The zero-order chi connectivity index (χ0) is 12.1. The second-order valence-electron chi connectivity index (χ2n) is 4.87. The molecular weight excluding hydrogens is 220 g/mol. The Morgan fingerprint density at radius 2 is 2.29 bits per heavy atom. The smallest absolute Gasteiger partial charge is 0.222 e. The lowest BCUT2D eigenvalue weighted by Crippen LogP contribution is -2.45. The largest absolute Gasteiger partial charge is 0.378 e. The van der Waals surface area contributed by atoms with Crippen LogP contribution < -0.4 is 10.6 Å². The zero-order valence-electron chi connectivity index (χ0n) is 10.4. The number of rotatable bonds is 3. The van der Waals surface area contributed by atoms with Crippen LogP contribution in [0.3, 0.4) is 0 Å². The zero-order valence-corrected chi connectivity index (χ0v) is 10.4. The summed E-state index contributed by atoms with van der Waals surface area (Å²) in [5.74, 6) is 0.0952. The van der Waals surface area contributed by atoms with Crippen molar-refractivity contribution >= 4 is 5.91 Å². The molecule has 2 N–H and O–H groups in total. The topological polar surface area (TPSA) is 59.6 Å². The van der Waals surface area contributed by atoms with Crippen LogP contribution in [0, 0.1) is 0 Å². The van der Waals surface area contributed by atoms with Crippen molar-refractivity contribution in [3.05, 3.63) is 0 Å². The number of morpholine rings is 1.